The number of carboxylic acids is 1. The molecule has 0 saturated carbocycles. The highest BCUT2D eigenvalue weighted by molar-refractivity contribution is 7.99. The van der Waals surface area contributed by atoms with Gasteiger partial charge in [0.2, 0.25) is 0 Å². The lowest BCUT2D eigenvalue weighted by Crippen LogP contribution is -2.13. The predicted octanol–water partition coefficient (Wildman–Crippen LogP) is 2.15. The molecule has 2 unspecified atom stereocenters. The van der Waals surface area contributed by atoms with Gasteiger partial charge in [-0.1, -0.05) is 0 Å². The minimum Gasteiger partial charge on any atom is -0.481 e. The fourth-order valence-corrected chi connectivity index (χ4v) is 2.83. The molecule has 0 aromatic carbocycles. The third-order valence-electron chi connectivity index (χ3n) is 2.42. The smallest absolute Gasteiger partial charge is 0.303 e. The molecule has 0 aliphatic carbocycles. The molecule has 1 fully saturated rings. The van der Waals surface area contributed by atoms with E-state index in [0.29, 0.717) is 17.8 Å². The molecule has 1 N–H and O–H groups in total. The zero-order valence-corrected chi connectivity index (χ0v) is 9.39. The Hall–Kier alpha value is -0.220. The first kappa shape index (κ1) is 11.9. The summed E-state index contributed by atoms with van der Waals surface area (Å²) in [5, 5.41) is 9.06. The Bertz CT molecular complexity index is 184. The van der Waals surface area contributed by atoms with Crippen LogP contribution in [0.25, 0.3) is 0 Å². The fourth-order valence-electron chi connectivity index (χ4n) is 1.54. The van der Waals surface area contributed by atoms with Gasteiger partial charge in [0.05, 0.1) is 6.10 Å². The molecule has 0 bridgehead atoms. The summed E-state index contributed by atoms with van der Waals surface area (Å²) in [7, 11) is 0. The van der Waals surface area contributed by atoms with E-state index < -0.39 is 5.97 Å². The number of unbranched alkanes of at least 4 members (excludes halogenated alkanes) is 1. The average molecular weight is 218 g/mol. The van der Waals surface area contributed by atoms with Gasteiger partial charge in [0.15, 0.2) is 0 Å². The molecular formula is C10H18O3S. The normalized spacial score (nSPS) is 26.6. The quantitative estimate of drug-likeness (QED) is 0.694. The SMILES string of the molecule is CC1OCCC1SCCCCC(=O)O. The maximum atomic E-state index is 10.2. The van der Waals surface area contributed by atoms with Crippen LogP contribution in [0.5, 0.6) is 0 Å². The molecule has 0 spiro atoms. The number of ether oxygens (including phenoxy) is 1. The molecule has 82 valence electrons. The maximum Gasteiger partial charge on any atom is 0.303 e. The van der Waals surface area contributed by atoms with Crippen molar-refractivity contribution in [3.8, 4) is 0 Å². The van der Waals surface area contributed by atoms with E-state index in [-0.39, 0.29) is 0 Å². The highest BCUT2D eigenvalue weighted by Gasteiger charge is 2.23. The zero-order valence-electron chi connectivity index (χ0n) is 8.57. The summed E-state index contributed by atoms with van der Waals surface area (Å²) in [6, 6.07) is 0. The lowest BCUT2D eigenvalue weighted by Gasteiger charge is -2.12. The Morgan fingerprint density at radius 2 is 2.36 bits per heavy atom. The predicted molar refractivity (Wildman–Crippen MR) is 57.8 cm³/mol. The van der Waals surface area contributed by atoms with E-state index in [1.807, 2.05) is 11.8 Å². The van der Waals surface area contributed by atoms with E-state index in [2.05, 4.69) is 6.92 Å². The van der Waals surface area contributed by atoms with E-state index in [0.717, 1.165) is 31.6 Å². The van der Waals surface area contributed by atoms with Gasteiger partial charge in [-0.2, -0.15) is 11.8 Å². The largest absolute Gasteiger partial charge is 0.481 e. The van der Waals surface area contributed by atoms with Crippen molar-refractivity contribution >= 4 is 17.7 Å². The molecule has 1 heterocycles. The van der Waals surface area contributed by atoms with Crippen LogP contribution >= 0.6 is 11.8 Å². The minimum absolute atomic E-state index is 0.303. The molecule has 0 aromatic rings. The summed E-state index contributed by atoms with van der Waals surface area (Å²) in [6.07, 6.45) is 3.62. The third-order valence-corrected chi connectivity index (χ3v) is 4.00. The van der Waals surface area contributed by atoms with Gasteiger partial charge in [0.25, 0.3) is 0 Å². The molecule has 1 rings (SSSR count). The van der Waals surface area contributed by atoms with Gasteiger partial charge in [0.1, 0.15) is 0 Å². The summed E-state index contributed by atoms with van der Waals surface area (Å²) in [5.74, 6) is 0.374. The topological polar surface area (TPSA) is 46.5 Å². The van der Waals surface area contributed by atoms with Crippen molar-refractivity contribution in [1.82, 2.24) is 0 Å². The minimum atomic E-state index is -0.687. The van der Waals surface area contributed by atoms with Crippen LogP contribution in [0.4, 0.5) is 0 Å². The van der Waals surface area contributed by atoms with Crippen LogP contribution < -0.4 is 0 Å². The lowest BCUT2D eigenvalue weighted by atomic mass is 10.2. The second-order valence-electron chi connectivity index (χ2n) is 3.62. The highest BCUT2D eigenvalue weighted by atomic mass is 32.2. The molecule has 3 nitrogen and oxygen atoms in total. The van der Waals surface area contributed by atoms with Crippen LogP contribution in [0.15, 0.2) is 0 Å². The summed E-state index contributed by atoms with van der Waals surface area (Å²) in [5.41, 5.74) is 0. The maximum absolute atomic E-state index is 10.2. The van der Waals surface area contributed by atoms with Crippen LogP contribution in [0.1, 0.15) is 32.6 Å². The number of hydrogen-bond donors (Lipinski definition) is 1. The van der Waals surface area contributed by atoms with Gasteiger partial charge in [-0.25, -0.2) is 0 Å². The first-order chi connectivity index (χ1) is 6.70. The summed E-state index contributed by atoms with van der Waals surface area (Å²) in [4.78, 5) is 10.2. The molecule has 1 aliphatic rings. The van der Waals surface area contributed by atoms with Crippen molar-refractivity contribution in [3.05, 3.63) is 0 Å². The second-order valence-corrected chi connectivity index (χ2v) is 4.97. The fraction of sp³-hybridized carbons (Fsp3) is 0.900. The van der Waals surface area contributed by atoms with E-state index in [4.69, 9.17) is 9.84 Å². The van der Waals surface area contributed by atoms with Gasteiger partial charge in [-0.15, -0.1) is 0 Å². The zero-order chi connectivity index (χ0) is 10.4. The molecular weight excluding hydrogens is 200 g/mol. The van der Waals surface area contributed by atoms with E-state index in [1.165, 1.54) is 0 Å². The average Bonchev–Trinajstić information content (AvgIpc) is 2.51. The van der Waals surface area contributed by atoms with Crippen LogP contribution in [-0.2, 0) is 9.53 Å². The molecule has 4 heteroatoms. The van der Waals surface area contributed by atoms with Crippen LogP contribution in [0.3, 0.4) is 0 Å². The Morgan fingerprint density at radius 3 is 2.93 bits per heavy atom. The van der Waals surface area contributed by atoms with Crippen molar-refractivity contribution in [2.24, 2.45) is 0 Å². The monoisotopic (exact) mass is 218 g/mol. The number of carbonyl (C=O) groups is 1. The highest BCUT2D eigenvalue weighted by Crippen LogP contribution is 2.26. The van der Waals surface area contributed by atoms with Crippen molar-refractivity contribution in [1.29, 1.82) is 0 Å². The van der Waals surface area contributed by atoms with Crippen molar-refractivity contribution in [2.45, 2.75) is 44.0 Å². The van der Waals surface area contributed by atoms with Gasteiger partial charge in [-0.3, -0.25) is 4.79 Å². The van der Waals surface area contributed by atoms with Gasteiger partial charge < -0.3 is 9.84 Å². The standard InChI is InChI=1S/C10H18O3S/c1-8-9(5-6-13-8)14-7-3-2-4-10(11)12/h8-9H,2-7H2,1H3,(H,11,12). The molecule has 0 amide bonds. The Labute approximate surface area is 89.2 Å². The van der Waals surface area contributed by atoms with Crippen LogP contribution in [-0.4, -0.2) is 34.8 Å². The second kappa shape index (κ2) is 6.30. The van der Waals surface area contributed by atoms with Gasteiger partial charge in [-0.05, 0) is 31.9 Å². The van der Waals surface area contributed by atoms with Crippen LogP contribution in [0, 0.1) is 0 Å². The molecule has 1 saturated heterocycles. The van der Waals surface area contributed by atoms with Crippen molar-refractivity contribution < 1.29 is 14.6 Å². The number of hydrogen-bond acceptors (Lipinski definition) is 3. The number of rotatable bonds is 6. The molecule has 14 heavy (non-hydrogen) atoms. The van der Waals surface area contributed by atoms with Crippen molar-refractivity contribution in [2.75, 3.05) is 12.4 Å². The first-order valence-electron chi connectivity index (χ1n) is 5.15. The molecule has 2 atom stereocenters. The Balaban J connectivity index is 1.95. The number of carboxylic acid groups (broad SMARTS) is 1. The number of thioether (sulfide) groups is 1. The van der Waals surface area contributed by atoms with Gasteiger partial charge in [0, 0.05) is 18.3 Å². The first-order valence-corrected chi connectivity index (χ1v) is 6.20. The number of aliphatic carboxylic acids is 1. The Morgan fingerprint density at radius 1 is 1.57 bits per heavy atom. The third kappa shape index (κ3) is 4.33. The Kier molecular flexibility index (Phi) is 5.33. The molecule has 0 radical (unpaired) electrons. The van der Waals surface area contributed by atoms with E-state index in [9.17, 15) is 4.79 Å². The van der Waals surface area contributed by atoms with Crippen LogP contribution in [0.2, 0.25) is 0 Å². The molecule has 1 aliphatic heterocycles. The summed E-state index contributed by atoms with van der Waals surface area (Å²) < 4.78 is 5.45. The summed E-state index contributed by atoms with van der Waals surface area (Å²) in [6.45, 7) is 3.00. The van der Waals surface area contributed by atoms with E-state index in [1.54, 1.807) is 0 Å². The summed E-state index contributed by atoms with van der Waals surface area (Å²) >= 11 is 1.93. The van der Waals surface area contributed by atoms with E-state index >= 15 is 0 Å². The lowest BCUT2D eigenvalue weighted by molar-refractivity contribution is -0.137. The molecule has 0 aromatic heterocycles. The van der Waals surface area contributed by atoms with Crippen molar-refractivity contribution in [3.63, 3.8) is 0 Å². The van der Waals surface area contributed by atoms with Gasteiger partial charge >= 0.3 is 5.97 Å².